The molecular weight excluding hydrogens is 490 g/mol. The first kappa shape index (κ1) is 30.7. The fourth-order valence-corrected chi connectivity index (χ4v) is 4.30. The van der Waals surface area contributed by atoms with E-state index in [1.54, 1.807) is 24.3 Å². The van der Waals surface area contributed by atoms with E-state index >= 15 is 0 Å². The van der Waals surface area contributed by atoms with Crippen molar-refractivity contribution in [1.29, 1.82) is 0 Å². The highest BCUT2D eigenvalue weighted by molar-refractivity contribution is 6.59. The van der Waals surface area contributed by atoms with Gasteiger partial charge in [-0.3, -0.25) is 9.80 Å². The number of hydrogen-bond acceptors (Lipinski definition) is 10. The van der Waals surface area contributed by atoms with Crippen molar-refractivity contribution in [2.24, 2.45) is 0 Å². The molecule has 0 aromatic heterocycles. The monoisotopic (exact) mass is 530 g/mol. The fraction of sp³-hybridized carbons (Fsp3) is 0.538. The summed E-state index contributed by atoms with van der Waals surface area (Å²) >= 11 is 0. The largest absolute Gasteiger partial charge is 0.488 e. The van der Waals surface area contributed by atoms with Crippen LogP contribution in [-0.4, -0.2) is 123 Å². The molecule has 4 N–H and O–H groups in total. The molecular formula is C26H40B2N2O8. The molecule has 38 heavy (non-hydrogen) atoms. The van der Waals surface area contributed by atoms with Gasteiger partial charge < -0.3 is 39.0 Å². The predicted molar refractivity (Wildman–Crippen MR) is 146 cm³/mol. The minimum Gasteiger partial charge on any atom is -0.423 e. The van der Waals surface area contributed by atoms with Gasteiger partial charge in [-0.15, -0.1) is 0 Å². The highest BCUT2D eigenvalue weighted by Crippen LogP contribution is 2.06. The van der Waals surface area contributed by atoms with E-state index < -0.39 is 14.2 Å². The zero-order valence-electron chi connectivity index (χ0n) is 22.0. The zero-order chi connectivity index (χ0) is 27.0. The SMILES string of the molecule is OB(O)c1ccccc1CN1CCOCCOCCN(Cc2ccccc2B(O)O)CCOCCOCC1. The average Bonchev–Trinajstić information content (AvgIpc) is 2.91. The van der Waals surface area contributed by atoms with E-state index in [4.69, 9.17) is 18.9 Å². The summed E-state index contributed by atoms with van der Waals surface area (Å²) in [4.78, 5) is 4.34. The van der Waals surface area contributed by atoms with Crippen LogP contribution in [-0.2, 0) is 32.0 Å². The van der Waals surface area contributed by atoms with Crippen LogP contribution in [0.2, 0.25) is 0 Å². The van der Waals surface area contributed by atoms with Crippen LogP contribution in [0.4, 0.5) is 0 Å². The molecule has 3 rings (SSSR count). The smallest absolute Gasteiger partial charge is 0.423 e. The Bertz CT molecular complexity index is 831. The first-order valence-electron chi connectivity index (χ1n) is 13.2. The molecule has 1 aliphatic rings. The van der Waals surface area contributed by atoms with Gasteiger partial charge in [0.15, 0.2) is 0 Å². The summed E-state index contributed by atoms with van der Waals surface area (Å²) in [5.41, 5.74) is 2.72. The van der Waals surface area contributed by atoms with Crippen molar-refractivity contribution in [3.63, 3.8) is 0 Å². The number of nitrogens with zero attached hydrogens (tertiary/aromatic N) is 2. The Labute approximate surface area is 226 Å². The Morgan fingerprint density at radius 1 is 0.500 bits per heavy atom. The van der Waals surface area contributed by atoms with Gasteiger partial charge >= 0.3 is 14.2 Å². The minimum absolute atomic E-state index is 0.471. The maximum absolute atomic E-state index is 9.70. The second-order valence-corrected chi connectivity index (χ2v) is 9.15. The average molecular weight is 530 g/mol. The Hall–Kier alpha value is -1.83. The topological polar surface area (TPSA) is 124 Å². The summed E-state index contributed by atoms with van der Waals surface area (Å²) in [7, 11) is -3.03. The van der Waals surface area contributed by atoms with Crippen molar-refractivity contribution in [3.05, 3.63) is 59.7 Å². The minimum atomic E-state index is -1.51. The first-order valence-corrected chi connectivity index (χ1v) is 13.2. The summed E-state index contributed by atoms with van der Waals surface area (Å²) in [5.74, 6) is 0. The molecule has 0 radical (unpaired) electrons. The molecule has 12 heteroatoms. The summed E-state index contributed by atoms with van der Waals surface area (Å²) in [6, 6.07) is 14.6. The fourth-order valence-electron chi connectivity index (χ4n) is 4.30. The molecule has 0 unspecified atom stereocenters. The molecule has 0 amide bonds. The molecule has 1 heterocycles. The summed E-state index contributed by atoms with van der Waals surface area (Å²) in [6.07, 6.45) is 0. The van der Waals surface area contributed by atoms with Gasteiger partial charge in [0.1, 0.15) is 0 Å². The van der Waals surface area contributed by atoms with E-state index in [0.29, 0.717) is 103 Å². The molecule has 0 atom stereocenters. The van der Waals surface area contributed by atoms with Crippen LogP contribution < -0.4 is 10.9 Å². The summed E-state index contributed by atoms with van der Waals surface area (Å²) in [5, 5.41) is 38.8. The van der Waals surface area contributed by atoms with Crippen LogP contribution >= 0.6 is 0 Å². The van der Waals surface area contributed by atoms with Gasteiger partial charge in [-0.25, -0.2) is 0 Å². The van der Waals surface area contributed by atoms with Crippen molar-refractivity contribution in [2.45, 2.75) is 13.1 Å². The standard InChI is InChI=1S/C26H40B2N2O8/c31-27(32)25-7-3-1-5-23(25)21-29-9-13-35-17-19-37-15-11-30(12-16-38-20-18-36-14-10-29)22-24-6-2-4-8-26(24)28(33)34/h1-8,31-34H,9-22H2. The van der Waals surface area contributed by atoms with E-state index in [-0.39, 0.29) is 0 Å². The third-order valence-electron chi connectivity index (χ3n) is 6.41. The normalized spacial score (nSPS) is 18.4. The molecule has 2 aromatic carbocycles. The third kappa shape index (κ3) is 11.1. The quantitative estimate of drug-likeness (QED) is 0.326. The van der Waals surface area contributed by atoms with Gasteiger partial charge in [0, 0.05) is 39.3 Å². The van der Waals surface area contributed by atoms with Crippen LogP contribution in [0, 0.1) is 0 Å². The van der Waals surface area contributed by atoms with Crippen molar-refractivity contribution < 1.29 is 39.0 Å². The molecule has 2 aromatic rings. The molecule has 0 saturated carbocycles. The van der Waals surface area contributed by atoms with Gasteiger partial charge in [-0.1, -0.05) is 48.5 Å². The summed E-state index contributed by atoms with van der Waals surface area (Å²) < 4.78 is 23.2. The number of benzene rings is 2. The number of rotatable bonds is 6. The lowest BCUT2D eigenvalue weighted by molar-refractivity contribution is 0.00628. The third-order valence-corrected chi connectivity index (χ3v) is 6.41. The van der Waals surface area contributed by atoms with Gasteiger partial charge in [0.2, 0.25) is 0 Å². The Kier molecular flexibility index (Phi) is 14.3. The van der Waals surface area contributed by atoms with Crippen molar-refractivity contribution in [3.8, 4) is 0 Å². The first-order chi connectivity index (χ1) is 18.5. The predicted octanol–water partition coefficient (Wildman–Crippen LogP) is -1.57. The lowest BCUT2D eigenvalue weighted by Crippen LogP contribution is -2.38. The van der Waals surface area contributed by atoms with Crippen LogP contribution in [0.5, 0.6) is 0 Å². The maximum atomic E-state index is 9.70. The molecule has 208 valence electrons. The van der Waals surface area contributed by atoms with Crippen LogP contribution in [0.25, 0.3) is 0 Å². The molecule has 1 saturated heterocycles. The Morgan fingerprint density at radius 2 is 0.816 bits per heavy atom. The lowest BCUT2D eigenvalue weighted by Gasteiger charge is -2.25. The highest BCUT2D eigenvalue weighted by atomic mass is 16.5. The number of hydrogen-bond donors (Lipinski definition) is 4. The molecule has 0 bridgehead atoms. The molecule has 0 aliphatic carbocycles. The van der Waals surface area contributed by atoms with Crippen LogP contribution in [0.1, 0.15) is 11.1 Å². The van der Waals surface area contributed by atoms with E-state index in [1.807, 2.05) is 24.3 Å². The molecule has 1 fully saturated rings. The van der Waals surface area contributed by atoms with E-state index in [1.165, 1.54) is 0 Å². The van der Waals surface area contributed by atoms with E-state index in [2.05, 4.69) is 9.80 Å². The van der Waals surface area contributed by atoms with Gasteiger partial charge in [-0.2, -0.15) is 0 Å². The molecule has 0 spiro atoms. The van der Waals surface area contributed by atoms with Crippen molar-refractivity contribution >= 4 is 25.2 Å². The lowest BCUT2D eigenvalue weighted by atomic mass is 9.77. The van der Waals surface area contributed by atoms with Gasteiger partial charge in [-0.05, 0) is 22.1 Å². The van der Waals surface area contributed by atoms with Crippen molar-refractivity contribution in [1.82, 2.24) is 9.80 Å². The second-order valence-electron chi connectivity index (χ2n) is 9.15. The Morgan fingerprint density at radius 3 is 1.13 bits per heavy atom. The number of ether oxygens (including phenoxy) is 4. The van der Waals surface area contributed by atoms with E-state index in [9.17, 15) is 20.1 Å². The van der Waals surface area contributed by atoms with Gasteiger partial charge in [0.05, 0.1) is 52.9 Å². The van der Waals surface area contributed by atoms with Gasteiger partial charge in [0.25, 0.3) is 0 Å². The van der Waals surface area contributed by atoms with Crippen molar-refractivity contribution in [2.75, 3.05) is 79.0 Å². The highest BCUT2D eigenvalue weighted by Gasteiger charge is 2.18. The van der Waals surface area contributed by atoms with Crippen LogP contribution in [0.15, 0.2) is 48.5 Å². The second kappa shape index (κ2) is 17.7. The van der Waals surface area contributed by atoms with Crippen LogP contribution in [0.3, 0.4) is 0 Å². The Balaban J connectivity index is 1.50. The summed E-state index contributed by atoms with van der Waals surface area (Å²) in [6.45, 7) is 7.73. The maximum Gasteiger partial charge on any atom is 0.488 e. The zero-order valence-corrected chi connectivity index (χ0v) is 22.0. The molecule has 10 nitrogen and oxygen atoms in total. The molecule has 1 aliphatic heterocycles. The van der Waals surface area contributed by atoms with E-state index in [0.717, 1.165) is 11.1 Å².